The van der Waals surface area contributed by atoms with E-state index in [4.69, 9.17) is 0 Å². The Bertz CT molecular complexity index is 104. The summed E-state index contributed by atoms with van der Waals surface area (Å²) in [4.78, 5) is 2.09. The zero-order valence-electron chi connectivity index (χ0n) is 4.96. The summed E-state index contributed by atoms with van der Waals surface area (Å²) >= 11 is 0. The van der Waals surface area contributed by atoms with E-state index in [0.29, 0.717) is 0 Å². The van der Waals surface area contributed by atoms with Crippen LogP contribution in [0.2, 0.25) is 0 Å². The van der Waals surface area contributed by atoms with Crippen LogP contribution in [-0.2, 0) is 0 Å². The van der Waals surface area contributed by atoms with E-state index in [0.717, 1.165) is 6.54 Å². The molecular formula is C6H10N2. The fraction of sp³-hybridized carbons (Fsp3) is 0.333. The highest BCUT2D eigenvalue weighted by molar-refractivity contribution is 4.97. The van der Waals surface area contributed by atoms with Crippen LogP contribution in [-0.4, -0.2) is 11.4 Å². The van der Waals surface area contributed by atoms with Crippen molar-refractivity contribution in [2.45, 2.75) is 6.92 Å². The van der Waals surface area contributed by atoms with Crippen LogP contribution < -0.4 is 5.32 Å². The van der Waals surface area contributed by atoms with Crippen LogP contribution in [0.4, 0.5) is 0 Å². The number of rotatable bonds is 1. The van der Waals surface area contributed by atoms with Gasteiger partial charge in [0.15, 0.2) is 0 Å². The van der Waals surface area contributed by atoms with Gasteiger partial charge in [-0.15, -0.1) is 0 Å². The van der Waals surface area contributed by atoms with Crippen molar-refractivity contribution in [3.8, 4) is 0 Å². The van der Waals surface area contributed by atoms with Gasteiger partial charge in [-0.3, -0.25) is 0 Å². The lowest BCUT2D eigenvalue weighted by atomic mass is 10.5. The molecule has 0 saturated heterocycles. The Morgan fingerprint density at radius 3 is 2.38 bits per heavy atom. The molecule has 0 aromatic heterocycles. The summed E-state index contributed by atoms with van der Waals surface area (Å²) in [6, 6.07) is 0. The molecule has 1 rings (SSSR count). The highest BCUT2D eigenvalue weighted by Crippen LogP contribution is 1.92. The average Bonchev–Trinajstić information content (AvgIpc) is 1.90. The Morgan fingerprint density at radius 1 is 1.38 bits per heavy atom. The van der Waals surface area contributed by atoms with Gasteiger partial charge < -0.3 is 10.2 Å². The molecule has 0 aromatic rings. The van der Waals surface area contributed by atoms with Crippen molar-refractivity contribution in [1.29, 1.82) is 0 Å². The quantitative estimate of drug-likeness (QED) is 0.538. The van der Waals surface area contributed by atoms with Crippen molar-refractivity contribution in [2.24, 2.45) is 0 Å². The topological polar surface area (TPSA) is 15.3 Å². The predicted molar refractivity (Wildman–Crippen MR) is 33.8 cm³/mol. The first-order valence-electron chi connectivity index (χ1n) is 2.78. The van der Waals surface area contributed by atoms with Gasteiger partial charge in [-0.2, -0.15) is 0 Å². The third-order valence-electron chi connectivity index (χ3n) is 1.09. The maximum Gasteiger partial charge on any atom is 0.0195 e. The Labute approximate surface area is 49.5 Å². The zero-order chi connectivity index (χ0) is 5.82. The molecule has 0 spiro atoms. The third-order valence-corrected chi connectivity index (χ3v) is 1.09. The van der Waals surface area contributed by atoms with Crippen molar-refractivity contribution < 1.29 is 0 Å². The molecule has 0 bridgehead atoms. The van der Waals surface area contributed by atoms with Crippen molar-refractivity contribution in [1.82, 2.24) is 10.2 Å². The summed E-state index contributed by atoms with van der Waals surface area (Å²) in [5.41, 5.74) is 0. The number of nitrogens with zero attached hydrogens (tertiary/aromatic N) is 1. The van der Waals surface area contributed by atoms with Crippen LogP contribution in [0.1, 0.15) is 6.92 Å². The van der Waals surface area contributed by atoms with Crippen LogP contribution in [0.25, 0.3) is 0 Å². The van der Waals surface area contributed by atoms with Crippen LogP contribution in [0.5, 0.6) is 0 Å². The van der Waals surface area contributed by atoms with Gasteiger partial charge in [-0.25, -0.2) is 0 Å². The molecule has 0 fully saturated rings. The van der Waals surface area contributed by atoms with Gasteiger partial charge in [0.1, 0.15) is 0 Å². The van der Waals surface area contributed by atoms with Crippen LogP contribution in [0.15, 0.2) is 24.8 Å². The predicted octanol–water partition coefficient (Wildman–Crippen LogP) is 0.854. The summed E-state index contributed by atoms with van der Waals surface area (Å²) in [6.45, 7) is 3.15. The van der Waals surface area contributed by atoms with E-state index in [9.17, 15) is 0 Å². The second kappa shape index (κ2) is 2.40. The van der Waals surface area contributed by atoms with Crippen molar-refractivity contribution in [3.05, 3.63) is 24.8 Å². The monoisotopic (exact) mass is 110 g/mol. The first kappa shape index (κ1) is 5.22. The van der Waals surface area contributed by atoms with Gasteiger partial charge in [-0.05, 0) is 6.92 Å². The highest BCUT2D eigenvalue weighted by atomic mass is 15.1. The van der Waals surface area contributed by atoms with Crippen LogP contribution >= 0.6 is 0 Å². The molecule has 0 amide bonds. The number of hydrogen-bond donors (Lipinski definition) is 1. The molecule has 0 atom stereocenters. The fourth-order valence-electron chi connectivity index (χ4n) is 0.594. The largest absolute Gasteiger partial charge is 0.365 e. The summed E-state index contributed by atoms with van der Waals surface area (Å²) in [7, 11) is 0. The Hall–Kier alpha value is -0.920. The molecule has 1 aliphatic rings. The number of nitrogens with one attached hydrogen (secondary N) is 1. The van der Waals surface area contributed by atoms with Crippen molar-refractivity contribution in [2.75, 3.05) is 6.54 Å². The molecule has 0 aromatic carbocycles. The first-order chi connectivity index (χ1) is 3.93. The standard InChI is InChI=1S/C6H10N2/c1-2-8-5-3-7-4-6-8/h3-7H,2H2,1H3. The van der Waals surface area contributed by atoms with E-state index >= 15 is 0 Å². The summed E-state index contributed by atoms with van der Waals surface area (Å²) < 4.78 is 0. The molecule has 2 heteroatoms. The van der Waals surface area contributed by atoms with E-state index in [1.54, 1.807) is 0 Å². The Balaban J connectivity index is 2.42. The van der Waals surface area contributed by atoms with Gasteiger partial charge >= 0.3 is 0 Å². The minimum absolute atomic E-state index is 1.04. The maximum absolute atomic E-state index is 2.95. The average molecular weight is 110 g/mol. The molecule has 0 unspecified atom stereocenters. The SMILES string of the molecule is CCN1C=CNC=C1. The molecule has 1 N–H and O–H groups in total. The van der Waals surface area contributed by atoms with Crippen molar-refractivity contribution >= 4 is 0 Å². The molecule has 44 valence electrons. The molecule has 0 radical (unpaired) electrons. The third kappa shape index (κ3) is 1.03. The van der Waals surface area contributed by atoms with E-state index in [1.165, 1.54) is 0 Å². The molecule has 8 heavy (non-hydrogen) atoms. The second-order valence-electron chi connectivity index (χ2n) is 1.63. The maximum atomic E-state index is 2.95. The van der Waals surface area contributed by atoms with Gasteiger partial charge in [0, 0.05) is 31.3 Å². The summed E-state index contributed by atoms with van der Waals surface area (Å²) in [5, 5.41) is 2.95. The van der Waals surface area contributed by atoms with Crippen molar-refractivity contribution in [3.63, 3.8) is 0 Å². The smallest absolute Gasteiger partial charge is 0.0195 e. The summed E-state index contributed by atoms with van der Waals surface area (Å²) in [6.07, 6.45) is 7.81. The fourth-order valence-corrected chi connectivity index (χ4v) is 0.594. The lowest BCUT2D eigenvalue weighted by molar-refractivity contribution is 0.523. The molecular weight excluding hydrogens is 100 g/mol. The lowest BCUT2D eigenvalue weighted by Gasteiger charge is -2.14. The minimum Gasteiger partial charge on any atom is -0.365 e. The number of hydrogen-bond acceptors (Lipinski definition) is 2. The van der Waals surface area contributed by atoms with Gasteiger partial charge in [0.05, 0.1) is 0 Å². The van der Waals surface area contributed by atoms with Crippen LogP contribution in [0.3, 0.4) is 0 Å². The van der Waals surface area contributed by atoms with E-state index in [-0.39, 0.29) is 0 Å². The minimum atomic E-state index is 1.04. The normalized spacial score (nSPS) is 16.4. The Morgan fingerprint density at radius 2 is 2.00 bits per heavy atom. The van der Waals surface area contributed by atoms with E-state index < -0.39 is 0 Å². The second-order valence-corrected chi connectivity index (χ2v) is 1.63. The van der Waals surface area contributed by atoms with E-state index in [1.807, 2.05) is 24.8 Å². The van der Waals surface area contributed by atoms with Gasteiger partial charge in [-0.1, -0.05) is 0 Å². The summed E-state index contributed by atoms with van der Waals surface area (Å²) in [5.74, 6) is 0. The van der Waals surface area contributed by atoms with E-state index in [2.05, 4.69) is 17.1 Å². The molecule has 0 aliphatic carbocycles. The molecule has 2 nitrogen and oxygen atoms in total. The zero-order valence-corrected chi connectivity index (χ0v) is 4.96. The molecule has 1 heterocycles. The first-order valence-corrected chi connectivity index (χ1v) is 2.78. The van der Waals surface area contributed by atoms with Gasteiger partial charge in [0.2, 0.25) is 0 Å². The van der Waals surface area contributed by atoms with Crippen LogP contribution in [0, 0.1) is 0 Å². The highest BCUT2D eigenvalue weighted by Gasteiger charge is 1.88. The molecule has 0 saturated carbocycles. The Kier molecular flexibility index (Phi) is 1.57. The van der Waals surface area contributed by atoms with Gasteiger partial charge in [0.25, 0.3) is 0 Å². The molecule has 1 aliphatic heterocycles. The lowest BCUT2D eigenvalue weighted by Crippen LogP contribution is -2.14.